The Kier molecular flexibility index (Phi) is 6.15. The molecule has 2 saturated heterocycles. The largest absolute Gasteiger partial charge is 0.432 e. The molecule has 1 aromatic heterocycles. The predicted octanol–water partition coefficient (Wildman–Crippen LogP) is 2.72. The van der Waals surface area contributed by atoms with Crippen molar-refractivity contribution >= 4 is 29.3 Å². The van der Waals surface area contributed by atoms with Crippen LogP contribution in [0.15, 0.2) is 18.3 Å². The lowest BCUT2D eigenvalue weighted by molar-refractivity contribution is -0.163. The van der Waals surface area contributed by atoms with E-state index in [-0.39, 0.29) is 11.8 Å². The zero-order valence-electron chi connectivity index (χ0n) is 16.9. The molecule has 28 heavy (non-hydrogen) atoms. The van der Waals surface area contributed by atoms with Crippen LogP contribution >= 0.6 is 11.6 Å². The zero-order valence-corrected chi connectivity index (χ0v) is 17.6. The molecule has 2 aliphatic rings. The summed E-state index contributed by atoms with van der Waals surface area (Å²) in [6.07, 6.45) is 1.35. The van der Waals surface area contributed by atoms with E-state index >= 15 is 0 Å². The number of carbonyl (C=O) groups is 2. The maximum Gasteiger partial charge on any atom is 0.338 e. The van der Waals surface area contributed by atoms with Gasteiger partial charge in [-0.05, 0) is 24.5 Å². The van der Waals surface area contributed by atoms with Crippen LogP contribution in [0.3, 0.4) is 0 Å². The van der Waals surface area contributed by atoms with Crippen molar-refractivity contribution < 1.29 is 19.1 Å². The molecule has 1 amide bonds. The first-order chi connectivity index (χ1) is 13.2. The van der Waals surface area contributed by atoms with Gasteiger partial charge in [0, 0.05) is 46.2 Å². The highest BCUT2D eigenvalue weighted by Gasteiger charge is 2.48. The number of esters is 1. The molecule has 0 aliphatic carbocycles. The van der Waals surface area contributed by atoms with Crippen LogP contribution < -0.4 is 4.90 Å². The number of pyridine rings is 1. The quantitative estimate of drug-likeness (QED) is 0.696. The number of anilines is 1. The zero-order chi connectivity index (χ0) is 20.5. The van der Waals surface area contributed by atoms with Crippen molar-refractivity contribution in [3.63, 3.8) is 0 Å². The smallest absolute Gasteiger partial charge is 0.338 e. The highest BCUT2D eigenvalue weighted by Crippen LogP contribution is 2.32. The highest BCUT2D eigenvalue weighted by atomic mass is 35.5. The number of ether oxygens (including phenoxy) is 2. The number of aromatic nitrogens is 1. The van der Waals surface area contributed by atoms with Crippen LogP contribution in [0.4, 0.5) is 5.82 Å². The molecule has 3 rings (SSSR count). The second-order valence-electron chi connectivity index (χ2n) is 8.24. The average Bonchev–Trinajstić information content (AvgIpc) is 2.92. The van der Waals surface area contributed by atoms with Crippen molar-refractivity contribution in [2.75, 3.05) is 31.1 Å². The Morgan fingerprint density at radius 3 is 2.46 bits per heavy atom. The molecule has 2 aliphatic heterocycles. The Balaban J connectivity index is 1.67. The normalized spacial score (nSPS) is 23.1. The maximum atomic E-state index is 13.3. The molecular formula is C20H28ClN3O4. The predicted molar refractivity (Wildman–Crippen MR) is 106 cm³/mol. The third-order valence-electron chi connectivity index (χ3n) is 5.02. The van der Waals surface area contributed by atoms with Gasteiger partial charge in [0.2, 0.25) is 11.7 Å². The summed E-state index contributed by atoms with van der Waals surface area (Å²) < 4.78 is 11.1. The minimum atomic E-state index is -0.990. The van der Waals surface area contributed by atoms with E-state index in [1.54, 1.807) is 20.0 Å². The minimum absolute atomic E-state index is 0.0444. The number of cyclic esters (lactones) is 1. The Morgan fingerprint density at radius 2 is 1.96 bits per heavy atom. The third kappa shape index (κ3) is 4.75. The van der Waals surface area contributed by atoms with E-state index in [0.29, 0.717) is 37.6 Å². The van der Waals surface area contributed by atoms with E-state index in [0.717, 1.165) is 5.82 Å². The fourth-order valence-electron chi connectivity index (χ4n) is 3.73. The van der Waals surface area contributed by atoms with E-state index < -0.39 is 23.8 Å². The Labute approximate surface area is 170 Å². The van der Waals surface area contributed by atoms with Crippen molar-refractivity contribution in [1.82, 2.24) is 9.88 Å². The third-order valence-corrected chi connectivity index (χ3v) is 5.25. The highest BCUT2D eigenvalue weighted by molar-refractivity contribution is 6.30. The molecule has 0 unspecified atom stereocenters. The Morgan fingerprint density at radius 1 is 1.29 bits per heavy atom. The van der Waals surface area contributed by atoms with E-state index in [4.69, 9.17) is 21.1 Å². The summed E-state index contributed by atoms with van der Waals surface area (Å²) in [5.41, 5.74) is 0. The minimum Gasteiger partial charge on any atom is -0.432 e. The van der Waals surface area contributed by atoms with Gasteiger partial charge in [0.05, 0.1) is 10.9 Å². The molecule has 3 heterocycles. The lowest BCUT2D eigenvalue weighted by Gasteiger charge is -2.37. The van der Waals surface area contributed by atoms with Crippen LogP contribution in [0.5, 0.6) is 0 Å². The van der Waals surface area contributed by atoms with Gasteiger partial charge in [-0.25, -0.2) is 9.78 Å². The molecule has 0 spiro atoms. The van der Waals surface area contributed by atoms with Crippen LogP contribution in [0.2, 0.25) is 5.02 Å². The lowest BCUT2D eigenvalue weighted by Crippen LogP contribution is -2.52. The summed E-state index contributed by atoms with van der Waals surface area (Å²) in [4.78, 5) is 33.9. The van der Waals surface area contributed by atoms with Crippen molar-refractivity contribution in [2.24, 2.45) is 11.8 Å². The van der Waals surface area contributed by atoms with Crippen LogP contribution in [0.1, 0.15) is 34.1 Å². The van der Waals surface area contributed by atoms with Gasteiger partial charge in [0.15, 0.2) is 6.10 Å². The number of halogens is 1. The first kappa shape index (κ1) is 20.9. The van der Waals surface area contributed by atoms with Crippen LogP contribution in [-0.2, 0) is 19.1 Å². The monoisotopic (exact) mass is 409 g/mol. The van der Waals surface area contributed by atoms with Gasteiger partial charge in [-0.2, -0.15) is 0 Å². The van der Waals surface area contributed by atoms with Crippen LogP contribution in [0.25, 0.3) is 0 Å². The van der Waals surface area contributed by atoms with Crippen molar-refractivity contribution in [3.8, 4) is 0 Å². The molecule has 7 nitrogen and oxygen atoms in total. The number of hydrogen-bond acceptors (Lipinski definition) is 6. The number of nitrogens with zero attached hydrogens (tertiary/aromatic N) is 3. The van der Waals surface area contributed by atoms with Crippen LogP contribution in [-0.4, -0.2) is 59.8 Å². The van der Waals surface area contributed by atoms with Crippen molar-refractivity contribution in [2.45, 2.75) is 46.0 Å². The van der Waals surface area contributed by atoms with E-state index in [1.807, 2.05) is 30.9 Å². The lowest BCUT2D eigenvalue weighted by atomic mass is 9.90. The summed E-state index contributed by atoms with van der Waals surface area (Å²) >= 11 is 5.90. The Bertz CT molecular complexity index is 715. The maximum absolute atomic E-state index is 13.3. The molecule has 1 aromatic rings. The van der Waals surface area contributed by atoms with Gasteiger partial charge in [-0.15, -0.1) is 0 Å². The molecule has 0 N–H and O–H groups in total. The summed E-state index contributed by atoms with van der Waals surface area (Å²) in [5.74, 6) is -0.913. The molecule has 2 atom stereocenters. The SMILES string of the molecule is CC(C)C[C@H](C(=O)N1CCN(c2ccc(Cl)cn2)CC1)[C@@H]1OC(C)(C)OC1=O. The first-order valence-corrected chi connectivity index (χ1v) is 10.1. The molecular weight excluding hydrogens is 382 g/mol. The molecule has 0 aromatic carbocycles. The number of piperazine rings is 1. The summed E-state index contributed by atoms with van der Waals surface area (Å²) in [5, 5.41) is 0.598. The second-order valence-corrected chi connectivity index (χ2v) is 8.68. The average molecular weight is 410 g/mol. The molecule has 2 fully saturated rings. The van der Waals surface area contributed by atoms with Gasteiger partial charge in [0.1, 0.15) is 5.82 Å². The number of hydrogen-bond donors (Lipinski definition) is 0. The molecule has 0 bridgehead atoms. The molecule has 8 heteroatoms. The number of amides is 1. The van der Waals surface area contributed by atoms with Crippen molar-refractivity contribution in [1.29, 1.82) is 0 Å². The summed E-state index contributed by atoms with van der Waals surface area (Å²) in [6, 6.07) is 3.69. The number of rotatable bonds is 5. The van der Waals surface area contributed by atoms with Gasteiger partial charge < -0.3 is 19.3 Å². The van der Waals surface area contributed by atoms with Gasteiger partial charge in [0.25, 0.3) is 0 Å². The second kappa shape index (κ2) is 8.25. The standard InChI is InChI=1S/C20H28ClN3O4/c1-13(2)11-15(17-19(26)28-20(3,4)27-17)18(25)24-9-7-23(8-10-24)16-6-5-14(21)12-22-16/h5-6,12-13,15,17H,7-11H2,1-4H3/t15-,17-/m0/s1. The topological polar surface area (TPSA) is 72.0 Å². The molecule has 0 radical (unpaired) electrons. The van der Waals surface area contributed by atoms with Crippen LogP contribution in [0, 0.1) is 11.8 Å². The van der Waals surface area contributed by atoms with Gasteiger partial charge >= 0.3 is 5.97 Å². The van der Waals surface area contributed by atoms with Gasteiger partial charge in [-0.3, -0.25) is 4.79 Å². The van der Waals surface area contributed by atoms with E-state index in [2.05, 4.69) is 9.88 Å². The first-order valence-electron chi connectivity index (χ1n) is 9.72. The molecule has 154 valence electrons. The van der Waals surface area contributed by atoms with E-state index in [1.165, 1.54) is 0 Å². The van der Waals surface area contributed by atoms with E-state index in [9.17, 15) is 9.59 Å². The summed E-state index contributed by atoms with van der Waals surface area (Å²) in [7, 11) is 0. The Hall–Kier alpha value is -1.86. The fourth-order valence-corrected chi connectivity index (χ4v) is 3.84. The summed E-state index contributed by atoms with van der Waals surface area (Å²) in [6.45, 7) is 9.96. The fraction of sp³-hybridized carbons (Fsp3) is 0.650. The molecule has 0 saturated carbocycles. The van der Waals surface area contributed by atoms with Gasteiger partial charge in [-0.1, -0.05) is 25.4 Å². The van der Waals surface area contributed by atoms with Crippen molar-refractivity contribution in [3.05, 3.63) is 23.4 Å². The number of carbonyl (C=O) groups excluding carboxylic acids is 2.